The van der Waals surface area contributed by atoms with E-state index in [2.05, 4.69) is 10.4 Å². The first-order valence-electron chi connectivity index (χ1n) is 7.48. The zero-order chi connectivity index (χ0) is 16.8. The Labute approximate surface area is 131 Å². The topological polar surface area (TPSA) is 76.5 Å². The number of hydrogen-bond acceptors (Lipinski definition) is 5. The lowest BCUT2D eigenvalue weighted by atomic mass is 10.2. The van der Waals surface area contributed by atoms with Crippen LogP contribution in [0, 0.1) is 0 Å². The van der Waals surface area contributed by atoms with Crippen LogP contribution in [-0.4, -0.2) is 46.5 Å². The van der Waals surface area contributed by atoms with E-state index >= 15 is 0 Å². The summed E-state index contributed by atoms with van der Waals surface area (Å²) in [5.41, 5.74) is 0.00855. The van der Waals surface area contributed by atoms with E-state index in [1.54, 1.807) is 13.2 Å². The van der Waals surface area contributed by atoms with Crippen LogP contribution in [0.5, 0.6) is 0 Å². The van der Waals surface area contributed by atoms with Gasteiger partial charge in [0.2, 0.25) is 0 Å². The van der Waals surface area contributed by atoms with Gasteiger partial charge >= 0.3 is 6.09 Å². The van der Waals surface area contributed by atoms with Crippen molar-refractivity contribution in [3.63, 3.8) is 0 Å². The second-order valence-electron chi connectivity index (χ2n) is 6.13. The number of carbonyl (C=O) groups excluding carboxylic acids is 1. The fraction of sp³-hybridized carbons (Fsp3) is 0.667. The molecule has 124 valence electrons. The van der Waals surface area contributed by atoms with Crippen molar-refractivity contribution < 1.29 is 9.53 Å². The van der Waals surface area contributed by atoms with Gasteiger partial charge in [0.15, 0.2) is 0 Å². The Kier molecular flexibility index (Phi) is 6.39. The van der Waals surface area contributed by atoms with Crippen molar-refractivity contribution in [3.05, 3.63) is 22.6 Å². The summed E-state index contributed by atoms with van der Waals surface area (Å²) >= 11 is 0. The van der Waals surface area contributed by atoms with Gasteiger partial charge in [0.05, 0.1) is 11.9 Å². The maximum Gasteiger partial charge on any atom is 0.410 e. The molecule has 0 radical (unpaired) electrons. The van der Waals surface area contributed by atoms with Crippen molar-refractivity contribution in [3.8, 4) is 0 Å². The molecule has 0 aliphatic heterocycles. The van der Waals surface area contributed by atoms with Gasteiger partial charge in [-0.2, -0.15) is 5.10 Å². The third-order valence-electron chi connectivity index (χ3n) is 2.79. The summed E-state index contributed by atoms with van der Waals surface area (Å²) in [6, 6.07) is 1.51. The van der Waals surface area contributed by atoms with Crippen LogP contribution in [0.2, 0.25) is 0 Å². The number of anilines is 1. The van der Waals surface area contributed by atoms with Crippen LogP contribution in [0.3, 0.4) is 0 Å². The van der Waals surface area contributed by atoms with Gasteiger partial charge in [0.1, 0.15) is 5.60 Å². The zero-order valence-corrected chi connectivity index (χ0v) is 14.0. The van der Waals surface area contributed by atoms with Crippen molar-refractivity contribution in [2.24, 2.45) is 0 Å². The highest BCUT2D eigenvalue weighted by Gasteiger charge is 2.19. The Morgan fingerprint density at radius 1 is 1.45 bits per heavy atom. The molecule has 1 N–H and O–H groups in total. The third kappa shape index (κ3) is 6.15. The maximum absolute atomic E-state index is 11.8. The van der Waals surface area contributed by atoms with E-state index in [0.29, 0.717) is 25.3 Å². The van der Waals surface area contributed by atoms with E-state index in [-0.39, 0.29) is 11.7 Å². The zero-order valence-electron chi connectivity index (χ0n) is 14.0. The van der Waals surface area contributed by atoms with Gasteiger partial charge in [-0.1, -0.05) is 6.92 Å². The van der Waals surface area contributed by atoms with E-state index in [4.69, 9.17) is 4.74 Å². The van der Waals surface area contributed by atoms with E-state index in [9.17, 15) is 9.59 Å². The Hall–Kier alpha value is -2.05. The van der Waals surface area contributed by atoms with Gasteiger partial charge in [-0.25, -0.2) is 9.48 Å². The molecule has 0 unspecified atom stereocenters. The predicted octanol–water partition coefficient (Wildman–Crippen LogP) is 1.93. The Morgan fingerprint density at radius 3 is 2.68 bits per heavy atom. The van der Waals surface area contributed by atoms with Crippen molar-refractivity contribution in [2.75, 3.05) is 25.5 Å². The van der Waals surface area contributed by atoms with Gasteiger partial charge in [-0.15, -0.1) is 0 Å². The molecule has 7 nitrogen and oxygen atoms in total. The summed E-state index contributed by atoms with van der Waals surface area (Å²) < 4.78 is 6.69. The molecule has 0 bridgehead atoms. The highest BCUT2D eigenvalue weighted by atomic mass is 16.6. The average molecular weight is 310 g/mol. The number of hydrogen-bond donors (Lipinski definition) is 1. The maximum atomic E-state index is 11.8. The van der Waals surface area contributed by atoms with Crippen LogP contribution in [0.25, 0.3) is 0 Å². The van der Waals surface area contributed by atoms with E-state index in [0.717, 1.165) is 6.42 Å². The van der Waals surface area contributed by atoms with E-state index in [1.807, 2.05) is 27.7 Å². The fourth-order valence-corrected chi connectivity index (χ4v) is 1.71. The number of ether oxygens (including phenoxy) is 1. The second kappa shape index (κ2) is 7.82. The molecule has 0 aliphatic carbocycles. The number of carbonyl (C=O) groups is 1. The van der Waals surface area contributed by atoms with Crippen molar-refractivity contribution in [1.82, 2.24) is 14.7 Å². The molecule has 1 aromatic rings. The van der Waals surface area contributed by atoms with Crippen molar-refractivity contribution in [1.29, 1.82) is 0 Å². The minimum atomic E-state index is -0.507. The van der Waals surface area contributed by atoms with Gasteiger partial charge in [0.25, 0.3) is 5.56 Å². The monoisotopic (exact) mass is 310 g/mol. The Bertz CT molecular complexity index is 548. The van der Waals surface area contributed by atoms with Crippen molar-refractivity contribution >= 4 is 11.8 Å². The molecule has 0 atom stereocenters. The normalized spacial score (nSPS) is 11.1. The van der Waals surface area contributed by atoms with Crippen LogP contribution in [-0.2, 0) is 11.3 Å². The number of amides is 1. The lowest BCUT2D eigenvalue weighted by molar-refractivity contribution is 0.0305. The molecule has 0 aliphatic rings. The molecule has 1 rings (SSSR count). The second-order valence-corrected chi connectivity index (χ2v) is 6.13. The summed E-state index contributed by atoms with van der Waals surface area (Å²) in [6.45, 7) is 9.06. The first-order chi connectivity index (χ1) is 10.2. The summed E-state index contributed by atoms with van der Waals surface area (Å²) in [7, 11) is 1.67. The van der Waals surface area contributed by atoms with Crippen LogP contribution in [0.4, 0.5) is 10.5 Å². The highest BCUT2D eigenvalue weighted by Crippen LogP contribution is 2.09. The van der Waals surface area contributed by atoms with Gasteiger partial charge in [-0.3, -0.25) is 4.79 Å². The minimum absolute atomic E-state index is 0.132. The Morgan fingerprint density at radius 2 is 2.14 bits per heavy atom. The molecule has 1 amide bonds. The average Bonchev–Trinajstić information content (AvgIpc) is 2.40. The molecule has 0 saturated carbocycles. The van der Waals surface area contributed by atoms with Gasteiger partial charge in [0, 0.05) is 32.7 Å². The third-order valence-corrected chi connectivity index (χ3v) is 2.79. The number of aryl methyl sites for hydroxylation is 1. The highest BCUT2D eigenvalue weighted by molar-refractivity contribution is 5.67. The summed E-state index contributed by atoms with van der Waals surface area (Å²) in [6.07, 6.45) is 2.11. The molecule has 22 heavy (non-hydrogen) atoms. The molecule has 0 fully saturated rings. The van der Waals surface area contributed by atoms with Gasteiger partial charge < -0.3 is 15.0 Å². The smallest absolute Gasteiger partial charge is 0.410 e. The van der Waals surface area contributed by atoms with E-state index < -0.39 is 5.60 Å². The summed E-state index contributed by atoms with van der Waals surface area (Å²) in [5.74, 6) is 0. The van der Waals surface area contributed by atoms with Crippen LogP contribution >= 0.6 is 0 Å². The predicted molar refractivity (Wildman–Crippen MR) is 86.1 cm³/mol. The SMILES string of the molecule is CCCn1ncc(NCCN(C)C(=O)OC(C)(C)C)cc1=O. The molecule has 0 spiro atoms. The first-order valence-corrected chi connectivity index (χ1v) is 7.48. The largest absolute Gasteiger partial charge is 0.444 e. The molecule has 1 aromatic heterocycles. The van der Waals surface area contributed by atoms with Gasteiger partial charge in [-0.05, 0) is 27.2 Å². The first kappa shape index (κ1) is 18.0. The van der Waals surface area contributed by atoms with Crippen LogP contribution in [0.15, 0.2) is 17.1 Å². The molecule has 0 aromatic carbocycles. The quantitative estimate of drug-likeness (QED) is 0.869. The number of nitrogens with zero attached hydrogens (tertiary/aromatic N) is 3. The standard InChI is InChI=1S/C15H26N4O3/c1-6-8-19-13(20)10-12(11-17-19)16-7-9-18(5)14(21)22-15(2,3)4/h10-11,16H,6-9H2,1-5H3. The lowest BCUT2D eigenvalue weighted by Gasteiger charge is -2.24. The minimum Gasteiger partial charge on any atom is -0.444 e. The Balaban J connectivity index is 2.45. The number of rotatable bonds is 6. The van der Waals surface area contributed by atoms with Crippen molar-refractivity contribution in [2.45, 2.75) is 46.3 Å². The molecular weight excluding hydrogens is 284 g/mol. The number of nitrogens with one attached hydrogen (secondary N) is 1. The fourth-order valence-electron chi connectivity index (χ4n) is 1.71. The molecular formula is C15H26N4O3. The summed E-state index contributed by atoms with van der Waals surface area (Å²) in [5, 5.41) is 7.16. The lowest BCUT2D eigenvalue weighted by Crippen LogP contribution is -2.36. The molecule has 1 heterocycles. The number of likely N-dealkylation sites (N-methyl/N-ethyl adjacent to an activating group) is 1. The molecule has 7 heteroatoms. The number of aromatic nitrogens is 2. The van der Waals surface area contributed by atoms with E-state index in [1.165, 1.54) is 15.6 Å². The van der Waals surface area contributed by atoms with Crippen LogP contribution in [0.1, 0.15) is 34.1 Å². The summed E-state index contributed by atoms with van der Waals surface area (Å²) in [4.78, 5) is 25.0. The molecule has 0 saturated heterocycles. The van der Waals surface area contributed by atoms with Crippen LogP contribution < -0.4 is 10.9 Å².